The van der Waals surface area contributed by atoms with E-state index in [1.807, 2.05) is 24.9 Å². The molecule has 2 aromatic rings. The first-order chi connectivity index (χ1) is 9.24. The highest BCUT2D eigenvalue weighted by Gasteiger charge is 2.11. The normalized spacial score (nSPS) is 16.6. The summed E-state index contributed by atoms with van der Waals surface area (Å²) in [6.45, 7) is 6.92. The molecule has 3 rings (SSSR count). The Labute approximate surface area is 110 Å². The molecule has 1 aliphatic rings. The predicted octanol–water partition coefficient (Wildman–Crippen LogP) is 1.91. The summed E-state index contributed by atoms with van der Waals surface area (Å²) in [6.07, 6.45) is 0. The lowest BCUT2D eigenvalue weighted by Crippen LogP contribution is -2.31. The fourth-order valence-electron chi connectivity index (χ4n) is 2.18. The summed E-state index contributed by atoms with van der Waals surface area (Å²) in [5.74, 6) is 0.659. The van der Waals surface area contributed by atoms with Crippen molar-refractivity contribution in [3.8, 4) is 0 Å². The van der Waals surface area contributed by atoms with E-state index in [-0.39, 0.29) is 0 Å². The number of nitrogens with one attached hydrogen (secondary N) is 1. The van der Waals surface area contributed by atoms with Crippen molar-refractivity contribution in [1.29, 1.82) is 0 Å². The van der Waals surface area contributed by atoms with E-state index in [9.17, 15) is 0 Å². The maximum atomic E-state index is 5.27. The van der Waals surface area contributed by atoms with Gasteiger partial charge in [0.1, 0.15) is 0 Å². The van der Waals surface area contributed by atoms with Crippen LogP contribution in [0.3, 0.4) is 0 Å². The zero-order valence-electron chi connectivity index (χ0n) is 11.1. The lowest BCUT2D eigenvalue weighted by molar-refractivity contribution is 0.0353. The molecule has 1 N–H and O–H groups in total. The fraction of sp³-hybridized carbons (Fsp3) is 0.500. The largest absolute Gasteiger partial charge is 0.378 e. The second kappa shape index (κ2) is 4.93. The minimum Gasteiger partial charge on any atom is -0.378 e. The van der Waals surface area contributed by atoms with E-state index in [0.29, 0.717) is 24.7 Å². The van der Waals surface area contributed by atoms with Crippen LogP contribution in [0.4, 0.5) is 5.82 Å². The second-order valence-corrected chi connectivity index (χ2v) is 4.61. The molecule has 19 heavy (non-hydrogen) atoms. The van der Waals surface area contributed by atoms with Gasteiger partial charge in [0.05, 0.1) is 31.7 Å². The van der Waals surface area contributed by atoms with Gasteiger partial charge in [0, 0.05) is 5.69 Å². The molecule has 1 saturated heterocycles. The van der Waals surface area contributed by atoms with Gasteiger partial charge in [0.15, 0.2) is 11.5 Å². The molecular formula is C12H16N6O. The van der Waals surface area contributed by atoms with Crippen LogP contribution in [0.5, 0.6) is 0 Å². The average molecular weight is 260 g/mol. The lowest BCUT2D eigenvalue weighted by Gasteiger charge is -2.22. The molecule has 3 heterocycles. The number of aryl methyl sites for hydroxylation is 2. The molecule has 7 nitrogen and oxygen atoms in total. The van der Waals surface area contributed by atoms with E-state index in [0.717, 1.165) is 29.7 Å². The van der Waals surface area contributed by atoms with Gasteiger partial charge in [-0.2, -0.15) is 5.10 Å². The van der Waals surface area contributed by atoms with Crippen molar-refractivity contribution in [3.05, 3.63) is 17.3 Å². The lowest BCUT2D eigenvalue weighted by atomic mass is 10.2. The van der Waals surface area contributed by atoms with Crippen molar-refractivity contribution in [3.63, 3.8) is 0 Å². The first kappa shape index (κ1) is 12.0. The number of rotatable bonds is 2. The Morgan fingerprint density at radius 1 is 1.32 bits per heavy atom. The van der Waals surface area contributed by atoms with Crippen LogP contribution in [0.15, 0.2) is 16.4 Å². The molecule has 0 radical (unpaired) electrons. The van der Waals surface area contributed by atoms with Crippen molar-refractivity contribution in [2.75, 3.05) is 26.3 Å². The van der Waals surface area contributed by atoms with E-state index in [1.165, 1.54) is 0 Å². The van der Waals surface area contributed by atoms with Crippen molar-refractivity contribution in [2.45, 2.75) is 13.8 Å². The Morgan fingerprint density at radius 3 is 2.89 bits per heavy atom. The number of hydrogen-bond acceptors (Lipinski definition) is 5. The first-order valence-electron chi connectivity index (χ1n) is 6.31. The zero-order chi connectivity index (χ0) is 13.2. The highest BCUT2D eigenvalue weighted by Crippen LogP contribution is 2.26. The molecule has 1 fully saturated rings. The van der Waals surface area contributed by atoms with Gasteiger partial charge in [-0.15, -0.1) is 5.11 Å². The third-order valence-electron chi connectivity index (χ3n) is 3.09. The smallest absolute Gasteiger partial charge is 0.183 e. The number of H-pyrrole nitrogens is 1. The molecule has 0 atom stereocenters. The van der Waals surface area contributed by atoms with Gasteiger partial charge in [0.2, 0.25) is 0 Å². The average Bonchev–Trinajstić information content (AvgIpc) is 2.81. The van der Waals surface area contributed by atoms with Crippen molar-refractivity contribution < 1.29 is 4.74 Å². The van der Waals surface area contributed by atoms with Crippen LogP contribution in [0, 0.1) is 13.8 Å². The van der Waals surface area contributed by atoms with Gasteiger partial charge >= 0.3 is 0 Å². The van der Waals surface area contributed by atoms with Gasteiger partial charge in [-0.05, 0) is 25.5 Å². The molecular weight excluding hydrogens is 244 g/mol. The quantitative estimate of drug-likeness (QED) is 0.836. The number of hydrogen-bond donors (Lipinski definition) is 1. The summed E-state index contributed by atoms with van der Waals surface area (Å²) in [6, 6.07) is 2.02. The molecule has 7 heteroatoms. The standard InChI is InChI=1S/C12H16N6O/c1-8-7-9(2)13-11-10(8)12(15-14-11)16-17-18-3-5-19-6-4-18/h7H,3-6H2,1-2H3,(H,13,14,15)/b17-16-. The molecule has 0 amide bonds. The zero-order valence-corrected chi connectivity index (χ0v) is 11.1. The van der Waals surface area contributed by atoms with Crippen LogP contribution >= 0.6 is 0 Å². The molecule has 0 spiro atoms. The van der Waals surface area contributed by atoms with Crippen molar-refractivity contribution in [1.82, 2.24) is 20.2 Å². The summed E-state index contributed by atoms with van der Waals surface area (Å²) >= 11 is 0. The molecule has 1 aliphatic heterocycles. The fourth-order valence-corrected chi connectivity index (χ4v) is 2.18. The van der Waals surface area contributed by atoms with Crippen LogP contribution in [-0.2, 0) is 4.74 Å². The third kappa shape index (κ3) is 2.41. The second-order valence-electron chi connectivity index (χ2n) is 4.61. The Hall–Kier alpha value is -2.02. The highest BCUT2D eigenvalue weighted by molar-refractivity contribution is 5.88. The Balaban J connectivity index is 1.90. The van der Waals surface area contributed by atoms with E-state index in [1.54, 1.807) is 0 Å². The van der Waals surface area contributed by atoms with Gasteiger partial charge in [-0.25, -0.2) is 4.98 Å². The minimum atomic E-state index is 0.659. The molecule has 0 aromatic carbocycles. The maximum absolute atomic E-state index is 5.27. The molecule has 100 valence electrons. The van der Waals surface area contributed by atoms with Gasteiger partial charge in [-0.1, -0.05) is 5.22 Å². The first-order valence-corrected chi connectivity index (χ1v) is 6.31. The molecule has 0 saturated carbocycles. The number of fused-ring (bicyclic) bond motifs is 1. The summed E-state index contributed by atoms with van der Waals surface area (Å²) < 4.78 is 5.27. The van der Waals surface area contributed by atoms with Gasteiger partial charge < -0.3 is 4.74 Å². The number of aromatic amines is 1. The van der Waals surface area contributed by atoms with Crippen LogP contribution < -0.4 is 0 Å². The van der Waals surface area contributed by atoms with Crippen molar-refractivity contribution >= 4 is 16.9 Å². The summed E-state index contributed by atoms with van der Waals surface area (Å²) in [4.78, 5) is 4.37. The molecule has 0 bridgehead atoms. The molecule has 0 unspecified atom stereocenters. The summed E-state index contributed by atoms with van der Waals surface area (Å²) in [7, 11) is 0. The van der Waals surface area contributed by atoms with Gasteiger partial charge in [0.25, 0.3) is 0 Å². The van der Waals surface area contributed by atoms with Crippen molar-refractivity contribution in [2.24, 2.45) is 10.3 Å². The molecule has 2 aromatic heterocycles. The maximum Gasteiger partial charge on any atom is 0.183 e. The number of nitrogens with zero attached hydrogens (tertiary/aromatic N) is 5. The van der Waals surface area contributed by atoms with E-state index >= 15 is 0 Å². The minimum absolute atomic E-state index is 0.659. The van der Waals surface area contributed by atoms with Gasteiger partial charge in [-0.3, -0.25) is 10.1 Å². The number of aromatic nitrogens is 3. The topological polar surface area (TPSA) is 78.8 Å². The number of morpholine rings is 1. The van der Waals surface area contributed by atoms with Crippen LogP contribution in [0.2, 0.25) is 0 Å². The monoisotopic (exact) mass is 260 g/mol. The summed E-state index contributed by atoms with van der Waals surface area (Å²) in [5.41, 5.74) is 2.74. The van der Waals surface area contributed by atoms with Crippen LogP contribution in [0.1, 0.15) is 11.3 Å². The van der Waals surface area contributed by atoms with Crippen LogP contribution in [-0.4, -0.2) is 46.5 Å². The number of ether oxygens (including phenoxy) is 1. The Morgan fingerprint density at radius 2 is 2.11 bits per heavy atom. The highest BCUT2D eigenvalue weighted by atomic mass is 16.5. The van der Waals surface area contributed by atoms with E-state index < -0.39 is 0 Å². The predicted molar refractivity (Wildman–Crippen MR) is 70.3 cm³/mol. The van der Waals surface area contributed by atoms with Crippen LogP contribution in [0.25, 0.3) is 11.0 Å². The number of pyridine rings is 1. The van der Waals surface area contributed by atoms with E-state index in [2.05, 4.69) is 25.5 Å². The van der Waals surface area contributed by atoms with E-state index in [4.69, 9.17) is 4.74 Å². The SMILES string of the molecule is Cc1cc(C)c2c(/N=N\N3CCOCC3)[nH]nc2n1. The third-order valence-corrected chi connectivity index (χ3v) is 3.09. The Kier molecular flexibility index (Phi) is 3.12. The molecule has 0 aliphatic carbocycles. The Bertz CT molecular complexity index is 614. The summed E-state index contributed by atoms with van der Waals surface area (Å²) in [5, 5.41) is 18.4.